The standard InChI is InChI=1S/C38H34N2/c1-27-19-23-33(24-20-27)39(31-13-7-5-8-14-31)37-29(3)30(4)38(36-18-12-11-17-35(36)37)40(32-15-9-6-10-16-32)34-25-21-28(2)22-26-34/h5-26H,1-4H3. The SMILES string of the molecule is Cc1ccc(N(c2ccccc2)c2c(C)c(C)c(N(c3ccccc3)c3ccc(C)cc3)c3ccccc23)cc1. The predicted molar refractivity (Wildman–Crippen MR) is 172 cm³/mol. The van der Waals surface area contributed by atoms with Crippen LogP contribution in [0.1, 0.15) is 22.3 Å². The van der Waals surface area contributed by atoms with E-state index < -0.39 is 0 Å². The van der Waals surface area contributed by atoms with Crippen LogP contribution >= 0.6 is 0 Å². The molecule has 196 valence electrons. The molecule has 0 bridgehead atoms. The van der Waals surface area contributed by atoms with Crippen LogP contribution in [0.2, 0.25) is 0 Å². The first-order valence-electron chi connectivity index (χ1n) is 13.9. The topological polar surface area (TPSA) is 6.48 Å². The predicted octanol–water partition coefficient (Wildman–Crippen LogP) is 11.0. The molecule has 6 aromatic carbocycles. The summed E-state index contributed by atoms with van der Waals surface area (Å²) in [5, 5.41) is 2.44. The molecule has 0 atom stereocenters. The molecule has 0 saturated carbocycles. The van der Waals surface area contributed by atoms with Crippen molar-refractivity contribution in [2.24, 2.45) is 0 Å². The van der Waals surface area contributed by atoms with Gasteiger partial charge in [-0.1, -0.05) is 96.1 Å². The van der Waals surface area contributed by atoms with Crippen LogP contribution < -0.4 is 9.80 Å². The van der Waals surface area contributed by atoms with Gasteiger partial charge in [-0.2, -0.15) is 0 Å². The Morgan fingerprint density at radius 1 is 0.325 bits per heavy atom. The Morgan fingerprint density at radius 2 is 0.625 bits per heavy atom. The number of fused-ring (bicyclic) bond motifs is 1. The highest BCUT2D eigenvalue weighted by atomic mass is 15.2. The largest absolute Gasteiger partial charge is 0.310 e. The summed E-state index contributed by atoms with van der Waals surface area (Å²) in [6.07, 6.45) is 0. The Balaban J connectivity index is 1.67. The normalized spacial score (nSPS) is 11.0. The van der Waals surface area contributed by atoms with E-state index in [1.54, 1.807) is 0 Å². The monoisotopic (exact) mass is 518 g/mol. The first-order valence-corrected chi connectivity index (χ1v) is 13.9. The molecule has 0 fully saturated rings. The lowest BCUT2D eigenvalue weighted by Crippen LogP contribution is -2.16. The molecule has 0 heterocycles. The molecular formula is C38H34N2. The lowest BCUT2D eigenvalue weighted by molar-refractivity contribution is 1.21. The number of hydrogen-bond donors (Lipinski definition) is 0. The fourth-order valence-corrected chi connectivity index (χ4v) is 5.59. The second kappa shape index (κ2) is 10.7. The molecule has 0 N–H and O–H groups in total. The third-order valence-corrected chi connectivity index (χ3v) is 7.77. The van der Waals surface area contributed by atoms with Gasteiger partial charge < -0.3 is 9.80 Å². The van der Waals surface area contributed by atoms with Gasteiger partial charge in [-0.25, -0.2) is 0 Å². The minimum absolute atomic E-state index is 1.14. The van der Waals surface area contributed by atoms with E-state index in [4.69, 9.17) is 0 Å². The summed E-state index contributed by atoms with van der Waals surface area (Å²) >= 11 is 0. The Kier molecular flexibility index (Phi) is 6.84. The third kappa shape index (κ3) is 4.63. The maximum atomic E-state index is 2.41. The number of nitrogens with zero attached hydrogens (tertiary/aromatic N) is 2. The Labute approximate surface area is 237 Å². The van der Waals surface area contributed by atoms with Crippen LogP contribution in [-0.2, 0) is 0 Å². The molecule has 2 heteroatoms. The van der Waals surface area contributed by atoms with Gasteiger partial charge in [0.15, 0.2) is 0 Å². The molecular weight excluding hydrogens is 484 g/mol. The van der Waals surface area contributed by atoms with Crippen molar-refractivity contribution in [3.63, 3.8) is 0 Å². The van der Waals surface area contributed by atoms with E-state index in [2.05, 4.69) is 171 Å². The van der Waals surface area contributed by atoms with Crippen LogP contribution in [0.25, 0.3) is 10.8 Å². The summed E-state index contributed by atoms with van der Waals surface area (Å²) < 4.78 is 0. The molecule has 0 aliphatic heterocycles. The molecule has 6 rings (SSSR count). The zero-order chi connectivity index (χ0) is 27.6. The Bertz CT molecular complexity index is 1620. The van der Waals surface area contributed by atoms with Gasteiger partial charge in [-0.3, -0.25) is 0 Å². The fraction of sp³-hybridized carbons (Fsp3) is 0.105. The van der Waals surface area contributed by atoms with E-state index in [-0.39, 0.29) is 0 Å². The number of anilines is 6. The summed E-state index contributed by atoms with van der Waals surface area (Å²) in [5.74, 6) is 0. The minimum atomic E-state index is 1.14. The first kappa shape index (κ1) is 25.5. The number of para-hydroxylation sites is 2. The summed E-state index contributed by atoms with van der Waals surface area (Å²) in [7, 11) is 0. The molecule has 0 amide bonds. The molecule has 0 radical (unpaired) electrons. The summed E-state index contributed by atoms with van der Waals surface area (Å²) in [6.45, 7) is 8.81. The average molecular weight is 519 g/mol. The highest BCUT2D eigenvalue weighted by Crippen LogP contribution is 2.49. The summed E-state index contributed by atoms with van der Waals surface area (Å²) in [5.41, 5.74) is 12.0. The van der Waals surface area contributed by atoms with E-state index in [9.17, 15) is 0 Å². The summed E-state index contributed by atoms with van der Waals surface area (Å²) in [6, 6.07) is 47.9. The van der Waals surface area contributed by atoms with E-state index in [1.807, 2.05) is 0 Å². The number of benzene rings is 6. The van der Waals surface area contributed by atoms with Gasteiger partial charge in [-0.05, 0) is 87.4 Å². The summed E-state index contributed by atoms with van der Waals surface area (Å²) in [4.78, 5) is 4.82. The molecule has 40 heavy (non-hydrogen) atoms. The second-order valence-electron chi connectivity index (χ2n) is 10.5. The van der Waals surface area contributed by atoms with Crippen molar-refractivity contribution < 1.29 is 0 Å². The number of hydrogen-bond acceptors (Lipinski definition) is 2. The van der Waals surface area contributed by atoms with Crippen LogP contribution in [0.3, 0.4) is 0 Å². The smallest absolute Gasteiger partial charge is 0.0573 e. The molecule has 2 nitrogen and oxygen atoms in total. The first-order chi connectivity index (χ1) is 19.5. The van der Waals surface area contributed by atoms with E-state index in [0.29, 0.717) is 0 Å². The van der Waals surface area contributed by atoms with E-state index in [0.717, 1.165) is 22.7 Å². The van der Waals surface area contributed by atoms with Gasteiger partial charge in [0.25, 0.3) is 0 Å². The maximum absolute atomic E-state index is 2.41. The van der Waals surface area contributed by atoms with Gasteiger partial charge in [0.2, 0.25) is 0 Å². The van der Waals surface area contributed by atoms with Crippen LogP contribution in [0.5, 0.6) is 0 Å². The van der Waals surface area contributed by atoms with Crippen molar-refractivity contribution in [3.05, 3.63) is 156 Å². The molecule has 0 unspecified atom stereocenters. The molecule has 0 aliphatic carbocycles. The van der Waals surface area contributed by atoms with Gasteiger partial charge in [0.05, 0.1) is 11.4 Å². The lowest BCUT2D eigenvalue weighted by atomic mass is 9.94. The van der Waals surface area contributed by atoms with Crippen LogP contribution in [0.15, 0.2) is 133 Å². The Hall–Kier alpha value is -4.82. The number of aryl methyl sites for hydroxylation is 2. The average Bonchev–Trinajstić information content (AvgIpc) is 3.00. The van der Waals surface area contributed by atoms with Crippen LogP contribution in [-0.4, -0.2) is 0 Å². The van der Waals surface area contributed by atoms with Crippen molar-refractivity contribution >= 4 is 44.9 Å². The quantitative estimate of drug-likeness (QED) is 0.216. The molecule has 0 aromatic heterocycles. The Morgan fingerprint density at radius 3 is 0.975 bits per heavy atom. The third-order valence-electron chi connectivity index (χ3n) is 7.77. The van der Waals surface area contributed by atoms with Gasteiger partial charge in [0, 0.05) is 33.5 Å². The molecule has 0 aliphatic rings. The van der Waals surface area contributed by atoms with Crippen molar-refractivity contribution in [1.82, 2.24) is 0 Å². The molecule has 6 aromatic rings. The van der Waals surface area contributed by atoms with Crippen molar-refractivity contribution in [1.29, 1.82) is 0 Å². The highest BCUT2D eigenvalue weighted by Gasteiger charge is 2.25. The van der Waals surface area contributed by atoms with E-state index in [1.165, 1.54) is 44.4 Å². The zero-order valence-corrected chi connectivity index (χ0v) is 23.6. The van der Waals surface area contributed by atoms with Crippen LogP contribution in [0, 0.1) is 27.7 Å². The van der Waals surface area contributed by atoms with Crippen molar-refractivity contribution in [2.75, 3.05) is 9.80 Å². The van der Waals surface area contributed by atoms with Gasteiger partial charge in [-0.15, -0.1) is 0 Å². The fourth-order valence-electron chi connectivity index (χ4n) is 5.59. The minimum Gasteiger partial charge on any atom is -0.310 e. The van der Waals surface area contributed by atoms with Gasteiger partial charge in [0.1, 0.15) is 0 Å². The molecule has 0 saturated heterocycles. The highest BCUT2D eigenvalue weighted by molar-refractivity contribution is 6.10. The molecule has 0 spiro atoms. The van der Waals surface area contributed by atoms with Crippen molar-refractivity contribution in [2.45, 2.75) is 27.7 Å². The second-order valence-corrected chi connectivity index (χ2v) is 10.5. The zero-order valence-electron chi connectivity index (χ0n) is 23.6. The van der Waals surface area contributed by atoms with E-state index >= 15 is 0 Å². The van der Waals surface area contributed by atoms with Crippen LogP contribution in [0.4, 0.5) is 34.1 Å². The lowest BCUT2D eigenvalue weighted by Gasteiger charge is -2.34. The van der Waals surface area contributed by atoms with Crippen molar-refractivity contribution in [3.8, 4) is 0 Å². The number of rotatable bonds is 6. The maximum Gasteiger partial charge on any atom is 0.0573 e. The van der Waals surface area contributed by atoms with Gasteiger partial charge >= 0.3 is 0 Å².